The lowest BCUT2D eigenvalue weighted by Crippen LogP contribution is -2.34. The average Bonchev–Trinajstić information content (AvgIpc) is 2.95. The fraction of sp³-hybridized carbons (Fsp3) is 0.639. The maximum Gasteiger partial charge on any atom is 0.331 e. The fourth-order valence-corrected chi connectivity index (χ4v) is 5.31. The summed E-state index contributed by atoms with van der Waals surface area (Å²) >= 11 is 0. The first-order valence-electron chi connectivity index (χ1n) is 16.4. The molecule has 0 saturated carbocycles. The molecule has 8 N–H and O–H groups in total. The Bertz CT molecular complexity index is 1020. The average molecular weight is 651 g/mol. The van der Waals surface area contributed by atoms with E-state index in [9.17, 15) is 45.6 Å². The van der Waals surface area contributed by atoms with Crippen LogP contribution in [0.15, 0.2) is 72.9 Å². The Morgan fingerprint density at radius 3 is 1.59 bits per heavy atom. The van der Waals surface area contributed by atoms with Gasteiger partial charge in [-0.05, 0) is 44.4 Å². The summed E-state index contributed by atoms with van der Waals surface area (Å²) in [7, 11) is 0. The summed E-state index contributed by atoms with van der Waals surface area (Å²) in [6.07, 6.45) is 11.3. The molecule has 0 aromatic rings. The quantitative estimate of drug-likeness (QED) is 0.155. The molecular weight excluding hydrogens is 592 g/mol. The molecule has 1 heterocycles. The lowest BCUT2D eigenvalue weighted by atomic mass is 9.90. The minimum absolute atomic E-state index is 0.00324. The van der Waals surface area contributed by atoms with E-state index in [2.05, 4.69) is 0 Å². The standard InChI is InChI=1S/C36H58O10/c1-24(2)36-25(3)16-17-27(37)18-28(38)19-29(39)20-30(40)21-31(41)22-32(42)23-34(44)26(4)33(43)14-12-10-8-6-5-7-9-11-13-15-35(45)46-36/h5-13,15-17,24-34,36-44H,14,18-23H2,1-4H3/t25-,26-,27+,28+,29+,30+,31+,32+,33+,34-,36-/m0/s1. The summed E-state index contributed by atoms with van der Waals surface area (Å²) in [5, 5.41) is 83.2. The van der Waals surface area contributed by atoms with Crippen LogP contribution in [0.25, 0.3) is 0 Å². The van der Waals surface area contributed by atoms with E-state index in [0.29, 0.717) is 6.42 Å². The van der Waals surface area contributed by atoms with Gasteiger partial charge < -0.3 is 45.6 Å². The van der Waals surface area contributed by atoms with Gasteiger partial charge in [-0.1, -0.05) is 94.5 Å². The van der Waals surface area contributed by atoms with Crippen molar-refractivity contribution in [1.82, 2.24) is 0 Å². The highest BCUT2D eigenvalue weighted by Crippen LogP contribution is 2.22. The minimum atomic E-state index is -1.10. The first kappa shape index (κ1) is 41.6. The Morgan fingerprint density at radius 2 is 1.07 bits per heavy atom. The van der Waals surface area contributed by atoms with Gasteiger partial charge >= 0.3 is 5.97 Å². The SMILES string of the molecule is CC(C)[C@@H]1OC(=O)C=CC=CC=CC=CC=CC[C@@H](O)[C@H](C)[C@@H](O)C[C@H](O)C[C@H](O)C[C@H](O)C[C@H](O)C[C@H](O)C[C@H](O)C=C[C@@H]1C. The molecule has 1 rings (SSSR count). The molecule has 0 aliphatic carbocycles. The second kappa shape index (κ2) is 23.0. The zero-order chi connectivity index (χ0) is 34.6. The number of aliphatic hydroxyl groups is 8. The molecule has 0 amide bonds. The topological polar surface area (TPSA) is 188 Å². The Kier molecular flexibility index (Phi) is 20.8. The number of carbonyl (C=O) groups is 1. The first-order valence-corrected chi connectivity index (χ1v) is 16.4. The molecule has 10 heteroatoms. The van der Waals surface area contributed by atoms with Gasteiger partial charge in [0.25, 0.3) is 0 Å². The number of hydrogen-bond donors (Lipinski definition) is 8. The van der Waals surface area contributed by atoms with Crippen molar-refractivity contribution >= 4 is 5.97 Å². The van der Waals surface area contributed by atoms with Crippen LogP contribution < -0.4 is 0 Å². The summed E-state index contributed by atoms with van der Waals surface area (Å²) in [5.41, 5.74) is 0. The predicted molar refractivity (Wildman–Crippen MR) is 178 cm³/mol. The largest absolute Gasteiger partial charge is 0.458 e. The van der Waals surface area contributed by atoms with Gasteiger partial charge in [0.1, 0.15) is 6.10 Å². The van der Waals surface area contributed by atoms with Gasteiger partial charge in [0, 0.05) is 24.3 Å². The Hall–Kier alpha value is -2.41. The van der Waals surface area contributed by atoms with Crippen molar-refractivity contribution < 1.29 is 50.4 Å². The van der Waals surface area contributed by atoms with Crippen LogP contribution in [-0.2, 0) is 9.53 Å². The molecule has 11 atom stereocenters. The Morgan fingerprint density at radius 1 is 0.609 bits per heavy atom. The van der Waals surface area contributed by atoms with Crippen LogP contribution in [0.5, 0.6) is 0 Å². The van der Waals surface area contributed by atoms with E-state index in [-0.39, 0.29) is 50.4 Å². The van der Waals surface area contributed by atoms with Crippen molar-refractivity contribution in [2.24, 2.45) is 17.8 Å². The predicted octanol–water partition coefficient (Wildman–Crippen LogP) is 2.80. The van der Waals surface area contributed by atoms with E-state index >= 15 is 0 Å². The second-order valence-electron chi connectivity index (χ2n) is 12.8. The molecule has 0 aromatic carbocycles. The van der Waals surface area contributed by atoms with Crippen molar-refractivity contribution in [3.63, 3.8) is 0 Å². The number of carbonyl (C=O) groups excluding carboxylic acids is 1. The van der Waals surface area contributed by atoms with Crippen LogP contribution >= 0.6 is 0 Å². The van der Waals surface area contributed by atoms with Crippen molar-refractivity contribution in [3.05, 3.63) is 72.9 Å². The monoisotopic (exact) mass is 650 g/mol. The third-order valence-corrected chi connectivity index (χ3v) is 8.01. The summed E-state index contributed by atoms with van der Waals surface area (Å²) < 4.78 is 5.65. The smallest absolute Gasteiger partial charge is 0.331 e. The third kappa shape index (κ3) is 18.7. The number of cyclic esters (lactones) is 1. The van der Waals surface area contributed by atoms with Crippen LogP contribution in [-0.4, -0.2) is 102 Å². The molecule has 10 nitrogen and oxygen atoms in total. The van der Waals surface area contributed by atoms with Gasteiger partial charge in [-0.2, -0.15) is 0 Å². The van der Waals surface area contributed by atoms with Crippen LogP contribution in [0.2, 0.25) is 0 Å². The maximum atomic E-state index is 12.4. The van der Waals surface area contributed by atoms with Crippen molar-refractivity contribution in [2.45, 2.75) is 128 Å². The molecule has 0 unspecified atom stereocenters. The number of allylic oxidation sites excluding steroid dienone is 8. The van der Waals surface area contributed by atoms with E-state index in [1.165, 1.54) is 12.2 Å². The van der Waals surface area contributed by atoms with Gasteiger partial charge in [0.15, 0.2) is 0 Å². The third-order valence-electron chi connectivity index (χ3n) is 8.01. The normalized spacial score (nSPS) is 36.2. The van der Waals surface area contributed by atoms with E-state index in [0.717, 1.165) is 0 Å². The fourth-order valence-electron chi connectivity index (χ4n) is 5.31. The highest BCUT2D eigenvalue weighted by Gasteiger charge is 2.27. The van der Waals surface area contributed by atoms with E-state index in [4.69, 9.17) is 4.74 Å². The lowest BCUT2D eigenvalue weighted by molar-refractivity contribution is -0.147. The van der Waals surface area contributed by atoms with Gasteiger partial charge in [-0.25, -0.2) is 4.79 Å². The molecule has 46 heavy (non-hydrogen) atoms. The van der Waals surface area contributed by atoms with Gasteiger partial charge in [-0.3, -0.25) is 0 Å². The van der Waals surface area contributed by atoms with Crippen LogP contribution in [0.4, 0.5) is 0 Å². The van der Waals surface area contributed by atoms with Gasteiger partial charge in [0.05, 0.1) is 48.8 Å². The zero-order valence-corrected chi connectivity index (χ0v) is 27.7. The molecule has 0 spiro atoms. The summed E-state index contributed by atoms with van der Waals surface area (Å²) in [6.45, 7) is 7.40. The molecule has 1 aliphatic heterocycles. The number of ether oxygens (including phenoxy) is 1. The van der Waals surface area contributed by atoms with Gasteiger partial charge in [-0.15, -0.1) is 0 Å². The maximum absolute atomic E-state index is 12.4. The molecule has 262 valence electrons. The molecule has 0 aromatic heterocycles. The Balaban J connectivity index is 2.98. The molecule has 0 fully saturated rings. The molecular formula is C36H58O10. The van der Waals surface area contributed by atoms with Crippen molar-refractivity contribution in [3.8, 4) is 0 Å². The highest BCUT2D eigenvalue weighted by atomic mass is 16.5. The van der Waals surface area contributed by atoms with Crippen LogP contribution in [0, 0.1) is 17.8 Å². The highest BCUT2D eigenvalue weighted by molar-refractivity contribution is 5.82. The Labute approximate surface area is 274 Å². The number of esters is 1. The van der Waals surface area contributed by atoms with E-state index in [1.807, 2.05) is 20.8 Å². The van der Waals surface area contributed by atoms with E-state index in [1.54, 1.807) is 67.7 Å². The summed E-state index contributed by atoms with van der Waals surface area (Å²) in [4.78, 5) is 12.4. The van der Waals surface area contributed by atoms with Crippen LogP contribution in [0.3, 0.4) is 0 Å². The molecule has 0 saturated heterocycles. The van der Waals surface area contributed by atoms with E-state index < -0.39 is 66.8 Å². The number of hydrogen-bond acceptors (Lipinski definition) is 10. The lowest BCUT2D eigenvalue weighted by Gasteiger charge is -2.26. The van der Waals surface area contributed by atoms with Crippen molar-refractivity contribution in [1.29, 1.82) is 0 Å². The molecule has 0 bridgehead atoms. The van der Waals surface area contributed by atoms with Crippen LogP contribution in [0.1, 0.15) is 72.6 Å². The zero-order valence-electron chi connectivity index (χ0n) is 27.7. The number of rotatable bonds is 1. The summed E-state index contributed by atoms with van der Waals surface area (Å²) in [6, 6.07) is 0. The van der Waals surface area contributed by atoms with Gasteiger partial charge in [0.2, 0.25) is 0 Å². The molecule has 1 aliphatic rings. The molecule has 0 radical (unpaired) electrons. The second-order valence-corrected chi connectivity index (χ2v) is 12.8. The number of aliphatic hydroxyl groups excluding tert-OH is 8. The summed E-state index contributed by atoms with van der Waals surface area (Å²) in [5.74, 6) is -1.25. The van der Waals surface area contributed by atoms with Crippen molar-refractivity contribution in [2.75, 3.05) is 0 Å². The minimum Gasteiger partial charge on any atom is -0.458 e. The first-order chi connectivity index (χ1) is 21.7.